The van der Waals surface area contributed by atoms with Gasteiger partial charge >= 0.3 is 5.69 Å². The molecule has 6 heteroatoms. The zero-order chi connectivity index (χ0) is 17.3. The molecule has 1 heterocycles. The van der Waals surface area contributed by atoms with Crippen molar-refractivity contribution in [3.63, 3.8) is 0 Å². The lowest BCUT2D eigenvalue weighted by atomic mass is 10.1. The molecule has 0 spiro atoms. The van der Waals surface area contributed by atoms with Gasteiger partial charge in [-0.25, -0.2) is 9.36 Å². The van der Waals surface area contributed by atoms with Crippen LogP contribution in [0.3, 0.4) is 0 Å². The van der Waals surface area contributed by atoms with Gasteiger partial charge in [0, 0.05) is 12.1 Å². The first-order chi connectivity index (χ1) is 11.5. The summed E-state index contributed by atoms with van der Waals surface area (Å²) < 4.78 is 6.30. The van der Waals surface area contributed by atoms with E-state index in [0.717, 1.165) is 16.9 Å². The van der Waals surface area contributed by atoms with Crippen molar-refractivity contribution in [2.45, 2.75) is 19.8 Å². The topological polar surface area (TPSA) is 90.1 Å². The number of aromatic amines is 1. The lowest BCUT2D eigenvalue weighted by molar-refractivity contribution is 0.0904. The number of hydrogen-bond acceptors (Lipinski definition) is 4. The van der Waals surface area contributed by atoms with Gasteiger partial charge in [0.05, 0.1) is 18.1 Å². The Kier molecular flexibility index (Phi) is 4.12. The number of aromatic nitrogens is 2. The smallest absolute Gasteiger partial charge is 0.333 e. The minimum atomic E-state index is -0.435. The fourth-order valence-electron chi connectivity index (χ4n) is 2.68. The normalized spacial score (nSPS) is 10.9. The number of carbonyl (C=O) groups is 1. The number of nitrogens with zero attached hydrogens (tertiary/aromatic N) is 1. The Morgan fingerprint density at radius 1 is 1.25 bits per heavy atom. The molecular formula is C18H19N3O3. The Labute approximate surface area is 138 Å². The Bertz CT molecular complexity index is 952. The molecule has 3 aromatic rings. The molecule has 0 aliphatic heterocycles. The summed E-state index contributed by atoms with van der Waals surface area (Å²) in [6.45, 7) is 1.85. The van der Waals surface area contributed by atoms with Crippen LogP contribution in [0.1, 0.15) is 22.3 Å². The van der Waals surface area contributed by atoms with Crippen LogP contribution >= 0.6 is 0 Å². The van der Waals surface area contributed by atoms with Crippen LogP contribution in [0.4, 0.5) is 5.69 Å². The number of nitrogen functional groups attached to an aromatic ring is 1. The quantitative estimate of drug-likeness (QED) is 0.721. The zero-order valence-corrected chi connectivity index (χ0v) is 13.6. The molecule has 0 aliphatic rings. The minimum absolute atomic E-state index is 0.239. The average Bonchev–Trinajstić information content (AvgIpc) is 2.88. The highest BCUT2D eigenvalue weighted by molar-refractivity contribution is 5.92. The molecule has 0 saturated heterocycles. The summed E-state index contributed by atoms with van der Waals surface area (Å²) in [5.41, 5.74) is 8.98. The average molecular weight is 325 g/mol. The van der Waals surface area contributed by atoms with E-state index < -0.39 is 5.69 Å². The molecule has 0 radical (unpaired) electrons. The number of hydrogen-bond donors (Lipinski definition) is 2. The lowest BCUT2D eigenvalue weighted by Crippen LogP contribution is -2.24. The van der Waals surface area contributed by atoms with Crippen LogP contribution in [0.25, 0.3) is 11.0 Å². The van der Waals surface area contributed by atoms with Gasteiger partial charge in [0.25, 0.3) is 0 Å². The highest BCUT2D eigenvalue weighted by Gasteiger charge is 2.15. The monoisotopic (exact) mass is 325 g/mol. The number of H-pyrrole nitrogens is 1. The number of nitrogens with one attached hydrogen (secondary N) is 1. The molecule has 0 saturated carbocycles. The van der Waals surface area contributed by atoms with Crippen LogP contribution in [-0.2, 0) is 6.42 Å². The molecule has 1 aromatic heterocycles. The molecule has 0 amide bonds. The van der Waals surface area contributed by atoms with Crippen LogP contribution in [0, 0.1) is 6.92 Å². The third kappa shape index (κ3) is 2.90. The number of aryl methyl sites for hydroxylation is 2. The van der Waals surface area contributed by atoms with Crippen LogP contribution in [0.2, 0.25) is 0 Å². The first kappa shape index (κ1) is 15.9. The van der Waals surface area contributed by atoms with Gasteiger partial charge in [-0.3, -0.25) is 4.79 Å². The van der Waals surface area contributed by atoms with E-state index in [9.17, 15) is 9.59 Å². The first-order valence-electron chi connectivity index (χ1n) is 7.66. The van der Waals surface area contributed by atoms with Crippen LogP contribution in [0.15, 0.2) is 41.2 Å². The number of methoxy groups -OCH3 is 1. The summed E-state index contributed by atoms with van der Waals surface area (Å²) >= 11 is 0. The summed E-state index contributed by atoms with van der Waals surface area (Å²) in [6, 6.07) is 11.0. The minimum Gasteiger partial charge on any atom is -0.497 e. The number of fused-ring (bicyclic) bond motifs is 1. The summed E-state index contributed by atoms with van der Waals surface area (Å²) in [6.07, 6.45) is 0.790. The lowest BCUT2D eigenvalue weighted by Gasteiger charge is -2.05. The van der Waals surface area contributed by atoms with Crippen LogP contribution in [0.5, 0.6) is 5.75 Å². The molecule has 0 atom stereocenters. The second-order valence-electron chi connectivity index (χ2n) is 5.73. The fraction of sp³-hybridized carbons (Fsp3) is 0.222. The van der Waals surface area contributed by atoms with E-state index in [4.69, 9.17) is 10.5 Å². The fourth-order valence-corrected chi connectivity index (χ4v) is 2.68. The van der Waals surface area contributed by atoms with Gasteiger partial charge in [0.15, 0.2) is 0 Å². The standard InChI is InChI=1S/C18H19N3O3/c1-11-9-16-15(10-14(11)19)20-18(23)21(16)17(22)8-5-12-3-6-13(24-2)7-4-12/h3-4,6-7,9-10H,5,8,19H2,1-2H3,(H,20,23). The summed E-state index contributed by atoms with van der Waals surface area (Å²) in [5, 5.41) is 0. The van der Waals surface area contributed by atoms with Crippen molar-refractivity contribution in [2.24, 2.45) is 0 Å². The van der Waals surface area contributed by atoms with Gasteiger partial charge in [0.1, 0.15) is 5.75 Å². The van der Waals surface area contributed by atoms with Gasteiger partial charge in [-0.2, -0.15) is 0 Å². The maximum Gasteiger partial charge on any atom is 0.333 e. The molecule has 3 N–H and O–H groups in total. The number of imidazole rings is 1. The van der Waals surface area contributed by atoms with Crippen LogP contribution < -0.4 is 16.2 Å². The Morgan fingerprint density at radius 3 is 2.62 bits per heavy atom. The van der Waals surface area contributed by atoms with Crippen molar-refractivity contribution in [2.75, 3.05) is 12.8 Å². The van der Waals surface area contributed by atoms with Gasteiger partial charge in [-0.15, -0.1) is 0 Å². The van der Waals surface area contributed by atoms with E-state index in [0.29, 0.717) is 23.1 Å². The number of ether oxygens (including phenoxy) is 1. The molecule has 0 unspecified atom stereocenters. The first-order valence-corrected chi connectivity index (χ1v) is 7.66. The van der Waals surface area contributed by atoms with Crippen molar-refractivity contribution in [3.8, 4) is 5.75 Å². The highest BCUT2D eigenvalue weighted by atomic mass is 16.5. The molecule has 124 valence electrons. The van der Waals surface area contributed by atoms with E-state index in [1.165, 1.54) is 4.57 Å². The molecule has 3 rings (SSSR count). The van der Waals surface area contributed by atoms with Crippen molar-refractivity contribution in [3.05, 3.63) is 58.0 Å². The SMILES string of the molecule is COc1ccc(CCC(=O)n2c(=O)[nH]c3cc(N)c(C)cc32)cc1. The van der Waals surface area contributed by atoms with E-state index in [2.05, 4.69) is 4.98 Å². The number of carbonyl (C=O) groups excluding carboxylic acids is 1. The van der Waals surface area contributed by atoms with Gasteiger partial charge in [-0.1, -0.05) is 12.1 Å². The van der Waals surface area contributed by atoms with Gasteiger partial charge in [-0.05, 0) is 48.7 Å². The largest absolute Gasteiger partial charge is 0.497 e. The van der Waals surface area contributed by atoms with E-state index in [1.54, 1.807) is 19.2 Å². The van der Waals surface area contributed by atoms with E-state index in [1.807, 2.05) is 31.2 Å². The predicted octanol–water partition coefficient (Wildman–Crippen LogP) is 2.50. The molecule has 2 aromatic carbocycles. The third-order valence-corrected chi connectivity index (χ3v) is 4.11. The maximum atomic E-state index is 12.5. The van der Waals surface area contributed by atoms with Crippen molar-refractivity contribution in [1.29, 1.82) is 0 Å². The van der Waals surface area contributed by atoms with E-state index >= 15 is 0 Å². The summed E-state index contributed by atoms with van der Waals surface area (Å²) in [4.78, 5) is 27.3. The molecule has 0 fully saturated rings. The molecule has 6 nitrogen and oxygen atoms in total. The zero-order valence-electron chi connectivity index (χ0n) is 13.6. The number of anilines is 1. The second kappa shape index (κ2) is 6.23. The predicted molar refractivity (Wildman–Crippen MR) is 93.6 cm³/mol. The highest BCUT2D eigenvalue weighted by Crippen LogP contribution is 2.19. The van der Waals surface area contributed by atoms with Crippen molar-refractivity contribution in [1.82, 2.24) is 9.55 Å². The Morgan fingerprint density at radius 2 is 1.96 bits per heavy atom. The van der Waals surface area contributed by atoms with E-state index in [-0.39, 0.29) is 12.3 Å². The second-order valence-corrected chi connectivity index (χ2v) is 5.73. The number of rotatable bonds is 4. The maximum absolute atomic E-state index is 12.5. The van der Waals surface area contributed by atoms with Crippen LogP contribution in [-0.4, -0.2) is 22.6 Å². The van der Waals surface area contributed by atoms with Gasteiger partial charge < -0.3 is 15.5 Å². The molecular weight excluding hydrogens is 306 g/mol. The third-order valence-electron chi connectivity index (χ3n) is 4.11. The van der Waals surface area contributed by atoms with Crippen molar-refractivity contribution < 1.29 is 9.53 Å². The summed E-state index contributed by atoms with van der Waals surface area (Å²) in [5.74, 6) is 0.525. The Balaban J connectivity index is 1.84. The van der Waals surface area contributed by atoms with Gasteiger partial charge in [0.2, 0.25) is 5.91 Å². The number of nitrogens with two attached hydrogens (primary N) is 1. The number of benzene rings is 2. The molecule has 0 aliphatic carbocycles. The molecule has 0 bridgehead atoms. The molecule has 24 heavy (non-hydrogen) atoms. The summed E-state index contributed by atoms with van der Waals surface area (Å²) in [7, 11) is 1.61. The van der Waals surface area contributed by atoms with Crippen molar-refractivity contribution >= 4 is 22.6 Å². The Hall–Kier alpha value is -3.02.